The van der Waals surface area contributed by atoms with E-state index >= 15 is 0 Å². The number of benzene rings is 2. The van der Waals surface area contributed by atoms with Crippen LogP contribution < -0.4 is 5.84 Å². The van der Waals surface area contributed by atoms with Crippen molar-refractivity contribution in [3.05, 3.63) is 59.1 Å². The molecular formula is C17H16ClN3O. The van der Waals surface area contributed by atoms with Crippen molar-refractivity contribution in [1.82, 2.24) is 9.58 Å². The maximum Gasteiger partial charge on any atom is 0.253 e. The molecule has 0 spiro atoms. The van der Waals surface area contributed by atoms with Crippen LogP contribution in [-0.2, 0) is 0 Å². The Labute approximate surface area is 133 Å². The quantitative estimate of drug-likeness (QED) is 0.737. The van der Waals surface area contributed by atoms with Crippen LogP contribution in [0.25, 0.3) is 22.2 Å². The largest absolute Gasteiger partial charge is 0.345 e. The predicted octanol–water partition coefficient (Wildman–Crippen LogP) is 3.38. The van der Waals surface area contributed by atoms with Crippen LogP contribution in [0.2, 0.25) is 5.02 Å². The minimum absolute atomic E-state index is 0.0216. The molecule has 3 aromatic rings. The Balaban J connectivity index is 2.04. The number of rotatable bonds is 2. The summed E-state index contributed by atoms with van der Waals surface area (Å²) in [5.41, 5.74) is 3.38. The number of hydrogen-bond acceptors (Lipinski definition) is 2. The molecule has 0 aliphatic heterocycles. The SMILES string of the molecule is CN(C)C(=O)c1ccc(-c2cc3cc(Cl)ccc3n2N)cc1. The van der Waals surface area contributed by atoms with Crippen LogP contribution in [0, 0.1) is 0 Å². The molecule has 2 N–H and O–H groups in total. The number of nitrogens with two attached hydrogens (primary N) is 1. The molecule has 0 aliphatic carbocycles. The summed E-state index contributed by atoms with van der Waals surface area (Å²) in [6.45, 7) is 0. The maximum atomic E-state index is 11.9. The highest BCUT2D eigenvalue weighted by atomic mass is 35.5. The first-order valence-electron chi connectivity index (χ1n) is 6.85. The number of hydrogen-bond donors (Lipinski definition) is 1. The van der Waals surface area contributed by atoms with E-state index in [0.29, 0.717) is 10.6 Å². The number of carbonyl (C=O) groups is 1. The molecule has 4 nitrogen and oxygen atoms in total. The summed E-state index contributed by atoms with van der Waals surface area (Å²) >= 11 is 6.02. The summed E-state index contributed by atoms with van der Waals surface area (Å²) in [7, 11) is 3.47. The highest BCUT2D eigenvalue weighted by Gasteiger charge is 2.11. The van der Waals surface area contributed by atoms with Gasteiger partial charge in [-0.3, -0.25) is 9.47 Å². The molecule has 0 unspecified atom stereocenters. The van der Waals surface area contributed by atoms with Gasteiger partial charge >= 0.3 is 0 Å². The average molecular weight is 314 g/mol. The standard InChI is InChI=1S/C17H16ClN3O/c1-20(2)17(22)12-5-3-11(4-6-12)16-10-13-9-14(18)7-8-15(13)21(16)19/h3-10H,19H2,1-2H3. The van der Waals surface area contributed by atoms with Gasteiger partial charge in [0.25, 0.3) is 5.91 Å². The van der Waals surface area contributed by atoms with Crippen LogP contribution in [0.4, 0.5) is 0 Å². The smallest absolute Gasteiger partial charge is 0.253 e. The van der Waals surface area contributed by atoms with E-state index in [1.165, 1.54) is 0 Å². The number of nitrogen functional groups attached to an aromatic ring is 1. The molecule has 0 bridgehead atoms. The Morgan fingerprint density at radius 3 is 2.41 bits per heavy atom. The van der Waals surface area contributed by atoms with Crippen LogP contribution in [0.1, 0.15) is 10.4 Å². The van der Waals surface area contributed by atoms with Gasteiger partial charge in [0.05, 0.1) is 11.2 Å². The number of aromatic nitrogens is 1. The molecule has 0 aliphatic rings. The lowest BCUT2D eigenvalue weighted by atomic mass is 10.1. The minimum atomic E-state index is -0.0216. The second-order valence-corrected chi connectivity index (χ2v) is 5.82. The molecular weight excluding hydrogens is 298 g/mol. The third-order valence-corrected chi connectivity index (χ3v) is 3.87. The first-order chi connectivity index (χ1) is 10.5. The Hall–Kier alpha value is -2.46. The van der Waals surface area contributed by atoms with Gasteiger partial charge in [0, 0.05) is 35.6 Å². The van der Waals surface area contributed by atoms with Crippen LogP contribution in [0.5, 0.6) is 0 Å². The van der Waals surface area contributed by atoms with Crippen LogP contribution in [0.3, 0.4) is 0 Å². The summed E-state index contributed by atoms with van der Waals surface area (Å²) in [5, 5.41) is 1.66. The predicted molar refractivity (Wildman–Crippen MR) is 90.6 cm³/mol. The van der Waals surface area contributed by atoms with Gasteiger partial charge in [-0.2, -0.15) is 0 Å². The van der Waals surface area contributed by atoms with Gasteiger partial charge in [-0.05, 0) is 36.4 Å². The van der Waals surface area contributed by atoms with Crippen LogP contribution in [0.15, 0.2) is 48.5 Å². The molecule has 2 aromatic carbocycles. The van der Waals surface area contributed by atoms with Crippen molar-refractivity contribution < 1.29 is 4.79 Å². The zero-order chi connectivity index (χ0) is 15.9. The number of carbonyl (C=O) groups excluding carboxylic acids is 1. The first-order valence-corrected chi connectivity index (χ1v) is 7.23. The van der Waals surface area contributed by atoms with Crippen molar-refractivity contribution in [1.29, 1.82) is 0 Å². The van der Waals surface area contributed by atoms with Gasteiger partial charge in [-0.25, -0.2) is 0 Å². The van der Waals surface area contributed by atoms with Crippen molar-refractivity contribution in [2.75, 3.05) is 19.9 Å². The number of amides is 1. The van der Waals surface area contributed by atoms with Gasteiger partial charge < -0.3 is 10.7 Å². The molecule has 1 aromatic heterocycles. The second-order valence-electron chi connectivity index (χ2n) is 5.38. The second kappa shape index (κ2) is 5.39. The minimum Gasteiger partial charge on any atom is -0.345 e. The van der Waals surface area contributed by atoms with E-state index < -0.39 is 0 Å². The van der Waals surface area contributed by atoms with Crippen molar-refractivity contribution in [3.8, 4) is 11.3 Å². The van der Waals surface area contributed by atoms with E-state index in [-0.39, 0.29) is 5.91 Å². The Kier molecular flexibility index (Phi) is 3.54. The highest BCUT2D eigenvalue weighted by Crippen LogP contribution is 2.28. The monoisotopic (exact) mass is 313 g/mol. The number of nitrogens with zero attached hydrogens (tertiary/aromatic N) is 2. The third-order valence-electron chi connectivity index (χ3n) is 3.63. The summed E-state index contributed by atoms with van der Waals surface area (Å²) in [5.74, 6) is 6.14. The summed E-state index contributed by atoms with van der Waals surface area (Å²) in [4.78, 5) is 13.5. The summed E-state index contributed by atoms with van der Waals surface area (Å²) in [6.07, 6.45) is 0. The van der Waals surface area contributed by atoms with Crippen molar-refractivity contribution >= 4 is 28.4 Å². The topological polar surface area (TPSA) is 51.3 Å². The molecule has 1 amide bonds. The molecule has 1 heterocycles. The summed E-state index contributed by atoms with van der Waals surface area (Å²) < 4.78 is 1.63. The fourth-order valence-electron chi connectivity index (χ4n) is 2.47. The lowest BCUT2D eigenvalue weighted by Gasteiger charge is -2.10. The van der Waals surface area contributed by atoms with E-state index in [1.807, 2.05) is 48.5 Å². The molecule has 22 heavy (non-hydrogen) atoms. The van der Waals surface area contributed by atoms with Crippen molar-refractivity contribution in [3.63, 3.8) is 0 Å². The van der Waals surface area contributed by atoms with E-state index in [4.69, 9.17) is 17.4 Å². The Bertz CT molecular complexity index is 850. The molecule has 0 saturated heterocycles. The fourth-order valence-corrected chi connectivity index (χ4v) is 2.65. The lowest BCUT2D eigenvalue weighted by molar-refractivity contribution is 0.0827. The first kappa shape index (κ1) is 14.5. The van der Waals surface area contributed by atoms with Gasteiger partial charge in [-0.1, -0.05) is 23.7 Å². The molecule has 5 heteroatoms. The van der Waals surface area contributed by atoms with Gasteiger partial charge in [0.1, 0.15) is 0 Å². The van der Waals surface area contributed by atoms with Gasteiger partial charge in [0.15, 0.2) is 0 Å². The maximum absolute atomic E-state index is 11.9. The Morgan fingerprint density at radius 1 is 1.09 bits per heavy atom. The molecule has 3 rings (SSSR count). The molecule has 0 saturated carbocycles. The molecule has 0 atom stereocenters. The van der Waals surface area contributed by atoms with Crippen molar-refractivity contribution in [2.24, 2.45) is 0 Å². The molecule has 112 valence electrons. The third kappa shape index (κ3) is 2.42. The van der Waals surface area contributed by atoms with Crippen molar-refractivity contribution in [2.45, 2.75) is 0 Å². The highest BCUT2D eigenvalue weighted by molar-refractivity contribution is 6.31. The number of halogens is 1. The average Bonchev–Trinajstić information content (AvgIpc) is 2.83. The zero-order valence-corrected chi connectivity index (χ0v) is 13.1. The van der Waals surface area contributed by atoms with E-state index in [1.54, 1.807) is 23.7 Å². The molecule has 0 fully saturated rings. The lowest BCUT2D eigenvalue weighted by Crippen LogP contribution is -2.21. The van der Waals surface area contributed by atoms with Crippen LogP contribution >= 0.6 is 11.6 Å². The van der Waals surface area contributed by atoms with Gasteiger partial charge in [-0.15, -0.1) is 0 Å². The fraction of sp³-hybridized carbons (Fsp3) is 0.118. The van der Waals surface area contributed by atoms with Crippen LogP contribution in [-0.4, -0.2) is 29.6 Å². The normalized spacial score (nSPS) is 10.9. The van der Waals surface area contributed by atoms with E-state index in [9.17, 15) is 4.79 Å². The molecule has 0 radical (unpaired) electrons. The zero-order valence-electron chi connectivity index (χ0n) is 12.4. The van der Waals surface area contributed by atoms with Gasteiger partial charge in [0.2, 0.25) is 0 Å². The number of fused-ring (bicyclic) bond motifs is 1. The Morgan fingerprint density at radius 2 is 1.77 bits per heavy atom. The van der Waals surface area contributed by atoms with E-state index in [0.717, 1.165) is 22.2 Å². The summed E-state index contributed by atoms with van der Waals surface area (Å²) in [6, 6.07) is 15.0. The van der Waals surface area contributed by atoms with E-state index in [2.05, 4.69) is 0 Å².